The van der Waals surface area contributed by atoms with Gasteiger partial charge in [-0.05, 0) is 17.7 Å². The van der Waals surface area contributed by atoms with E-state index in [9.17, 15) is 0 Å². The van der Waals surface area contributed by atoms with Gasteiger partial charge in [0.15, 0.2) is 0 Å². The molecular formula is C11H14N4. The van der Waals surface area contributed by atoms with Crippen LogP contribution in [0.25, 0.3) is 0 Å². The zero-order valence-electron chi connectivity index (χ0n) is 8.40. The van der Waals surface area contributed by atoms with Crippen molar-refractivity contribution in [3.8, 4) is 0 Å². The number of nitrogen functional groups attached to an aromatic ring is 1. The number of aromatic amines is 1. The third-order valence-electron chi connectivity index (χ3n) is 2.24. The molecule has 0 fully saturated rings. The SMILES string of the molecule is Nc1ccccc1CNCc1ccn[nH]1. The molecule has 0 amide bonds. The summed E-state index contributed by atoms with van der Waals surface area (Å²) in [6.07, 6.45) is 1.74. The molecule has 0 atom stereocenters. The molecule has 0 spiro atoms. The number of hydrogen-bond donors (Lipinski definition) is 3. The molecule has 0 bridgehead atoms. The molecule has 1 aromatic carbocycles. The van der Waals surface area contributed by atoms with E-state index in [2.05, 4.69) is 15.5 Å². The Kier molecular flexibility index (Phi) is 2.99. The molecule has 0 unspecified atom stereocenters. The molecule has 0 aliphatic rings. The molecule has 2 aromatic rings. The number of hydrogen-bond acceptors (Lipinski definition) is 3. The Hall–Kier alpha value is -1.81. The zero-order valence-corrected chi connectivity index (χ0v) is 8.40. The first-order valence-corrected chi connectivity index (χ1v) is 4.88. The smallest absolute Gasteiger partial charge is 0.0490 e. The maximum absolute atomic E-state index is 5.82. The fourth-order valence-electron chi connectivity index (χ4n) is 1.41. The van der Waals surface area contributed by atoms with Crippen LogP contribution in [-0.2, 0) is 13.1 Å². The Bertz CT molecular complexity index is 408. The Balaban J connectivity index is 1.86. The van der Waals surface area contributed by atoms with E-state index >= 15 is 0 Å². The summed E-state index contributed by atoms with van der Waals surface area (Å²) in [5.74, 6) is 0. The van der Waals surface area contributed by atoms with Crippen LogP contribution < -0.4 is 11.1 Å². The average molecular weight is 202 g/mol. The number of nitrogens with one attached hydrogen (secondary N) is 2. The number of H-pyrrole nitrogens is 1. The predicted octanol–water partition coefficient (Wildman–Crippen LogP) is 1.28. The van der Waals surface area contributed by atoms with Crippen molar-refractivity contribution in [2.75, 3.05) is 5.73 Å². The van der Waals surface area contributed by atoms with Crippen LogP contribution >= 0.6 is 0 Å². The van der Waals surface area contributed by atoms with Gasteiger partial charge in [0.05, 0.1) is 0 Å². The second kappa shape index (κ2) is 4.61. The summed E-state index contributed by atoms with van der Waals surface area (Å²) >= 11 is 0. The molecule has 4 nitrogen and oxygen atoms in total. The van der Waals surface area contributed by atoms with Crippen LogP contribution in [-0.4, -0.2) is 10.2 Å². The minimum absolute atomic E-state index is 0.770. The lowest BCUT2D eigenvalue weighted by atomic mass is 10.2. The number of benzene rings is 1. The first kappa shape index (κ1) is 9.73. The zero-order chi connectivity index (χ0) is 10.5. The fraction of sp³-hybridized carbons (Fsp3) is 0.182. The van der Waals surface area contributed by atoms with Crippen molar-refractivity contribution in [1.82, 2.24) is 15.5 Å². The molecule has 1 aromatic heterocycles. The summed E-state index contributed by atoms with van der Waals surface area (Å²) in [4.78, 5) is 0. The van der Waals surface area contributed by atoms with E-state index in [1.807, 2.05) is 30.3 Å². The van der Waals surface area contributed by atoms with Crippen molar-refractivity contribution in [3.63, 3.8) is 0 Å². The van der Waals surface area contributed by atoms with Crippen LogP contribution in [0, 0.1) is 0 Å². The van der Waals surface area contributed by atoms with Gasteiger partial charge in [-0.2, -0.15) is 5.10 Å². The molecule has 15 heavy (non-hydrogen) atoms. The van der Waals surface area contributed by atoms with Gasteiger partial charge in [0.1, 0.15) is 0 Å². The van der Waals surface area contributed by atoms with Crippen molar-refractivity contribution >= 4 is 5.69 Å². The Morgan fingerprint density at radius 3 is 2.80 bits per heavy atom. The van der Waals surface area contributed by atoms with Crippen molar-refractivity contribution in [1.29, 1.82) is 0 Å². The monoisotopic (exact) mass is 202 g/mol. The van der Waals surface area contributed by atoms with Gasteiger partial charge in [0, 0.05) is 30.7 Å². The van der Waals surface area contributed by atoms with Crippen LogP contribution in [0.1, 0.15) is 11.3 Å². The van der Waals surface area contributed by atoms with Gasteiger partial charge in [0.25, 0.3) is 0 Å². The lowest BCUT2D eigenvalue weighted by Gasteiger charge is -2.05. The first-order chi connectivity index (χ1) is 7.36. The van der Waals surface area contributed by atoms with Crippen LogP contribution in [0.3, 0.4) is 0 Å². The highest BCUT2D eigenvalue weighted by Gasteiger charge is 1.97. The highest BCUT2D eigenvalue weighted by atomic mass is 15.1. The molecule has 78 valence electrons. The molecule has 0 aliphatic carbocycles. The molecule has 4 N–H and O–H groups in total. The van der Waals surface area contributed by atoms with E-state index in [1.165, 1.54) is 0 Å². The van der Waals surface area contributed by atoms with Crippen LogP contribution in [0.2, 0.25) is 0 Å². The van der Waals surface area contributed by atoms with Crippen LogP contribution in [0.15, 0.2) is 36.5 Å². The average Bonchev–Trinajstić information content (AvgIpc) is 2.74. The second-order valence-corrected chi connectivity index (χ2v) is 3.38. The predicted molar refractivity (Wildman–Crippen MR) is 60.0 cm³/mol. The number of nitrogens with zero attached hydrogens (tertiary/aromatic N) is 1. The minimum Gasteiger partial charge on any atom is -0.398 e. The van der Waals surface area contributed by atoms with Gasteiger partial charge in [-0.25, -0.2) is 0 Å². The van der Waals surface area contributed by atoms with E-state index < -0.39 is 0 Å². The summed E-state index contributed by atoms with van der Waals surface area (Å²) in [6.45, 7) is 1.54. The summed E-state index contributed by atoms with van der Waals surface area (Å²) in [5, 5.41) is 10.1. The third-order valence-corrected chi connectivity index (χ3v) is 2.24. The highest BCUT2D eigenvalue weighted by Crippen LogP contribution is 2.09. The molecule has 0 saturated carbocycles. The number of anilines is 1. The molecule has 0 aliphatic heterocycles. The van der Waals surface area contributed by atoms with Gasteiger partial charge < -0.3 is 11.1 Å². The van der Waals surface area contributed by atoms with Crippen molar-refractivity contribution in [3.05, 3.63) is 47.8 Å². The Morgan fingerprint density at radius 2 is 2.07 bits per heavy atom. The summed E-state index contributed by atoms with van der Waals surface area (Å²) in [6, 6.07) is 9.81. The quantitative estimate of drug-likeness (QED) is 0.654. The normalized spacial score (nSPS) is 10.4. The van der Waals surface area contributed by atoms with Gasteiger partial charge in [0.2, 0.25) is 0 Å². The Labute approximate surface area is 88.5 Å². The number of aromatic nitrogens is 2. The third kappa shape index (κ3) is 2.57. The Morgan fingerprint density at radius 1 is 1.20 bits per heavy atom. The number of para-hydroxylation sites is 1. The minimum atomic E-state index is 0.770. The number of nitrogens with two attached hydrogens (primary N) is 1. The summed E-state index contributed by atoms with van der Waals surface area (Å²) in [7, 11) is 0. The van der Waals surface area contributed by atoms with Crippen LogP contribution in [0.4, 0.5) is 5.69 Å². The van der Waals surface area contributed by atoms with E-state index in [0.29, 0.717) is 0 Å². The van der Waals surface area contributed by atoms with Gasteiger partial charge >= 0.3 is 0 Å². The first-order valence-electron chi connectivity index (χ1n) is 4.88. The van der Waals surface area contributed by atoms with Gasteiger partial charge in [-0.15, -0.1) is 0 Å². The van der Waals surface area contributed by atoms with Crippen molar-refractivity contribution < 1.29 is 0 Å². The molecule has 4 heteroatoms. The lowest BCUT2D eigenvalue weighted by Crippen LogP contribution is -2.14. The van der Waals surface area contributed by atoms with E-state index in [4.69, 9.17) is 5.73 Å². The largest absolute Gasteiger partial charge is 0.398 e. The topological polar surface area (TPSA) is 66.7 Å². The van der Waals surface area contributed by atoms with E-state index in [0.717, 1.165) is 30.0 Å². The molecule has 2 rings (SSSR count). The van der Waals surface area contributed by atoms with Crippen molar-refractivity contribution in [2.45, 2.75) is 13.1 Å². The second-order valence-electron chi connectivity index (χ2n) is 3.38. The summed E-state index contributed by atoms with van der Waals surface area (Å²) in [5.41, 5.74) is 8.84. The number of rotatable bonds is 4. The standard InChI is InChI=1S/C11H14N4/c12-11-4-2-1-3-9(11)7-13-8-10-5-6-14-15-10/h1-6,13H,7-8,12H2,(H,14,15). The lowest BCUT2D eigenvalue weighted by molar-refractivity contribution is 0.678. The van der Waals surface area contributed by atoms with Gasteiger partial charge in [-0.1, -0.05) is 18.2 Å². The van der Waals surface area contributed by atoms with Gasteiger partial charge in [-0.3, -0.25) is 5.10 Å². The highest BCUT2D eigenvalue weighted by molar-refractivity contribution is 5.46. The molecule has 0 saturated heterocycles. The molecular weight excluding hydrogens is 188 g/mol. The molecule has 1 heterocycles. The maximum Gasteiger partial charge on any atom is 0.0490 e. The van der Waals surface area contributed by atoms with E-state index in [-0.39, 0.29) is 0 Å². The molecule has 0 radical (unpaired) electrons. The maximum atomic E-state index is 5.82. The summed E-state index contributed by atoms with van der Waals surface area (Å²) < 4.78 is 0. The van der Waals surface area contributed by atoms with Crippen molar-refractivity contribution in [2.24, 2.45) is 0 Å². The fourth-order valence-corrected chi connectivity index (χ4v) is 1.41. The van der Waals surface area contributed by atoms with E-state index in [1.54, 1.807) is 6.20 Å². The van der Waals surface area contributed by atoms with Crippen LogP contribution in [0.5, 0.6) is 0 Å².